The first-order chi connectivity index (χ1) is 10.8. The highest BCUT2D eigenvalue weighted by molar-refractivity contribution is 6.09. The van der Waals surface area contributed by atoms with E-state index in [9.17, 15) is 18.8 Å². The van der Waals surface area contributed by atoms with Gasteiger partial charge in [-0.25, -0.2) is 4.39 Å². The highest BCUT2D eigenvalue weighted by Gasteiger charge is 2.66. The van der Waals surface area contributed by atoms with Crippen molar-refractivity contribution in [2.24, 2.45) is 11.8 Å². The fourth-order valence-corrected chi connectivity index (χ4v) is 3.68. The molecule has 2 amide bonds. The first kappa shape index (κ1) is 15.6. The van der Waals surface area contributed by atoms with Crippen LogP contribution in [0.1, 0.15) is 18.5 Å². The average molecular weight is 320 g/mol. The van der Waals surface area contributed by atoms with Crippen molar-refractivity contribution in [1.82, 2.24) is 10.2 Å². The van der Waals surface area contributed by atoms with Gasteiger partial charge in [0.05, 0.1) is 18.9 Å². The molecule has 1 aromatic rings. The summed E-state index contributed by atoms with van der Waals surface area (Å²) in [4.78, 5) is 38.2. The molecule has 0 radical (unpaired) electrons. The van der Waals surface area contributed by atoms with E-state index < -0.39 is 47.0 Å². The second kappa shape index (κ2) is 5.13. The highest BCUT2D eigenvalue weighted by atomic mass is 19.1. The Balaban J connectivity index is 2.14. The molecule has 2 saturated heterocycles. The van der Waals surface area contributed by atoms with Crippen LogP contribution < -0.4 is 5.32 Å². The molecular weight excluding hydrogens is 303 g/mol. The van der Waals surface area contributed by atoms with Gasteiger partial charge in [-0.1, -0.05) is 18.2 Å². The molecule has 0 aliphatic carbocycles. The number of methoxy groups -OCH3 is 1. The van der Waals surface area contributed by atoms with Crippen LogP contribution in [0.2, 0.25) is 0 Å². The molecule has 3 rings (SSSR count). The van der Waals surface area contributed by atoms with Crippen LogP contribution in [0.25, 0.3) is 0 Å². The predicted molar refractivity (Wildman–Crippen MR) is 77.5 cm³/mol. The van der Waals surface area contributed by atoms with Gasteiger partial charge in [0, 0.05) is 18.7 Å². The largest absolute Gasteiger partial charge is 0.468 e. The van der Waals surface area contributed by atoms with Crippen molar-refractivity contribution in [2.75, 3.05) is 14.2 Å². The second-order valence-corrected chi connectivity index (χ2v) is 6.08. The summed E-state index contributed by atoms with van der Waals surface area (Å²) in [5, 5.41) is 2.98. The van der Waals surface area contributed by atoms with Crippen LogP contribution in [-0.2, 0) is 19.1 Å². The first-order valence-corrected chi connectivity index (χ1v) is 7.25. The van der Waals surface area contributed by atoms with Gasteiger partial charge in [0.2, 0.25) is 11.8 Å². The molecule has 6 nitrogen and oxygen atoms in total. The normalized spacial score (nSPS) is 33.0. The third kappa shape index (κ3) is 1.99. The summed E-state index contributed by atoms with van der Waals surface area (Å²) in [6.45, 7) is 1.52. The van der Waals surface area contributed by atoms with Gasteiger partial charge in [-0.2, -0.15) is 0 Å². The summed E-state index contributed by atoms with van der Waals surface area (Å²) in [5.74, 6) is -3.78. The third-order valence-corrected chi connectivity index (χ3v) is 4.86. The van der Waals surface area contributed by atoms with E-state index in [-0.39, 0.29) is 5.56 Å². The van der Waals surface area contributed by atoms with Crippen LogP contribution in [0.15, 0.2) is 24.3 Å². The minimum Gasteiger partial charge on any atom is -0.468 e. The molecule has 2 heterocycles. The predicted octanol–water partition coefficient (Wildman–Crippen LogP) is 0.633. The van der Waals surface area contributed by atoms with Gasteiger partial charge in [0.25, 0.3) is 0 Å². The summed E-state index contributed by atoms with van der Waals surface area (Å²) >= 11 is 0. The molecule has 0 aromatic heterocycles. The van der Waals surface area contributed by atoms with Gasteiger partial charge in [-0.15, -0.1) is 0 Å². The number of carbonyl (C=O) groups is 3. The molecule has 0 unspecified atom stereocenters. The zero-order valence-corrected chi connectivity index (χ0v) is 13.0. The standard InChI is InChI=1S/C16H17FN2O4/c1-16(15(22)23-3)11-10(13(20)19(2)14(11)21)12(18-16)8-6-4-5-7-9(8)17/h4-7,10-12,18H,1-3H3/t10-,11+,12+,16+/m0/s1. The number of nitrogens with one attached hydrogen (secondary N) is 1. The second-order valence-electron chi connectivity index (χ2n) is 6.08. The van der Waals surface area contributed by atoms with Crippen molar-refractivity contribution in [3.8, 4) is 0 Å². The number of esters is 1. The van der Waals surface area contributed by atoms with Gasteiger partial charge in [0.1, 0.15) is 11.4 Å². The lowest BCUT2D eigenvalue weighted by molar-refractivity contribution is -0.152. The molecule has 0 saturated carbocycles. The summed E-state index contributed by atoms with van der Waals surface area (Å²) in [6.07, 6.45) is 0. The molecule has 0 bridgehead atoms. The summed E-state index contributed by atoms with van der Waals surface area (Å²) in [6, 6.07) is 5.24. The number of ether oxygens (including phenoxy) is 1. The number of carbonyl (C=O) groups excluding carboxylic acids is 3. The number of nitrogens with zero attached hydrogens (tertiary/aromatic N) is 1. The molecular formula is C16H17FN2O4. The molecule has 122 valence electrons. The van der Waals surface area contributed by atoms with E-state index in [1.807, 2.05) is 0 Å². The van der Waals surface area contributed by atoms with Gasteiger partial charge in [-0.05, 0) is 13.0 Å². The van der Waals surface area contributed by atoms with E-state index in [0.717, 1.165) is 4.90 Å². The Bertz CT molecular complexity index is 707. The maximum Gasteiger partial charge on any atom is 0.326 e. The lowest BCUT2D eigenvalue weighted by atomic mass is 9.80. The SMILES string of the molecule is COC(=O)[C@]1(C)N[C@H](c2ccccc2F)[C@H]2C(=O)N(C)C(=O)[C@@H]21. The number of amides is 2. The molecule has 2 fully saturated rings. The molecule has 7 heteroatoms. The number of likely N-dealkylation sites (tertiary alicyclic amines) is 1. The van der Waals surface area contributed by atoms with Crippen molar-refractivity contribution in [1.29, 1.82) is 0 Å². The topological polar surface area (TPSA) is 75.7 Å². The highest BCUT2D eigenvalue weighted by Crippen LogP contribution is 2.48. The van der Waals surface area contributed by atoms with E-state index in [0.29, 0.717) is 0 Å². The maximum atomic E-state index is 14.2. The Morgan fingerprint density at radius 2 is 1.96 bits per heavy atom. The van der Waals surface area contributed by atoms with Crippen molar-refractivity contribution in [3.63, 3.8) is 0 Å². The zero-order chi connectivity index (χ0) is 16.9. The van der Waals surface area contributed by atoms with Crippen LogP contribution in [0.4, 0.5) is 4.39 Å². The zero-order valence-electron chi connectivity index (χ0n) is 13.0. The number of benzene rings is 1. The first-order valence-electron chi connectivity index (χ1n) is 7.25. The Hall–Kier alpha value is -2.28. The number of rotatable bonds is 2. The Labute approximate surface area is 132 Å². The minimum atomic E-state index is -1.39. The van der Waals surface area contributed by atoms with Crippen molar-refractivity contribution in [3.05, 3.63) is 35.6 Å². The maximum absolute atomic E-state index is 14.2. The number of hydrogen-bond donors (Lipinski definition) is 1. The van der Waals surface area contributed by atoms with E-state index in [1.54, 1.807) is 18.2 Å². The minimum absolute atomic E-state index is 0.256. The van der Waals surface area contributed by atoms with E-state index >= 15 is 0 Å². The van der Waals surface area contributed by atoms with Gasteiger partial charge in [0.15, 0.2) is 0 Å². The van der Waals surface area contributed by atoms with E-state index in [2.05, 4.69) is 5.32 Å². The number of fused-ring (bicyclic) bond motifs is 1. The molecule has 1 N–H and O–H groups in total. The van der Waals surface area contributed by atoms with Gasteiger partial charge < -0.3 is 4.74 Å². The van der Waals surface area contributed by atoms with Crippen LogP contribution in [0.5, 0.6) is 0 Å². The van der Waals surface area contributed by atoms with Crippen LogP contribution in [0, 0.1) is 17.7 Å². The number of hydrogen-bond acceptors (Lipinski definition) is 5. The summed E-state index contributed by atoms with van der Waals surface area (Å²) < 4.78 is 19.0. The number of halogens is 1. The van der Waals surface area contributed by atoms with Crippen molar-refractivity contribution in [2.45, 2.75) is 18.5 Å². The van der Waals surface area contributed by atoms with Crippen LogP contribution in [-0.4, -0.2) is 42.4 Å². The Morgan fingerprint density at radius 1 is 1.30 bits per heavy atom. The van der Waals surface area contributed by atoms with E-state index in [4.69, 9.17) is 4.74 Å². The van der Waals surface area contributed by atoms with Crippen LogP contribution in [0.3, 0.4) is 0 Å². The molecule has 23 heavy (non-hydrogen) atoms. The average Bonchev–Trinajstić information content (AvgIpc) is 2.97. The molecule has 4 atom stereocenters. The quantitative estimate of drug-likeness (QED) is 0.639. The lowest BCUT2D eigenvalue weighted by Gasteiger charge is -2.27. The third-order valence-electron chi connectivity index (χ3n) is 4.86. The lowest BCUT2D eigenvalue weighted by Crippen LogP contribution is -2.53. The smallest absolute Gasteiger partial charge is 0.326 e. The fraction of sp³-hybridized carbons (Fsp3) is 0.438. The van der Waals surface area contributed by atoms with Gasteiger partial charge >= 0.3 is 5.97 Å². The van der Waals surface area contributed by atoms with E-state index in [1.165, 1.54) is 27.1 Å². The number of imide groups is 1. The molecule has 2 aliphatic heterocycles. The molecule has 2 aliphatic rings. The monoisotopic (exact) mass is 320 g/mol. The Morgan fingerprint density at radius 3 is 2.57 bits per heavy atom. The Kier molecular flexibility index (Phi) is 3.48. The van der Waals surface area contributed by atoms with Crippen molar-refractivity contribution >= 4 is 17.8 Å². The summed E-state index contributed by atoms with van der Waals surface area (Å²) in [5.41, 5.74) is -1.13. The molecule has 0 spiro atoms. The van der Waals surface area contributed by atoms with Crippen molar-refractivity contribution < 1.29 is 23.5 Å². The fourth-order valence-electron chi connectivity index (χ4n) is 3.68. The molecule has 1 aromatic carbocycles. The van der Waals surface area contributed by atoms with Crippen LogP contribution >= 0.6 is 0 Å². The summed E-state index contributed by atoms with van der Waals surface area (Å²) in [7, 11) is 2.59. The van der Waals surface area contributed by atoms with Gasteiger partial charge in [-0.3, -0.25) is 24.6 Å².